The lowest BCUT2D eigenvalue weighted by Crippen LogP contribution is -2.34. The lowest BCUT2D eigenvalue weighted by atomic mass is 9.89. The first-order valence-corrected chi connectivity index (χ1v) is 9.32. The molecule has 1 fully saturated rings. The standard InChI is InChI=1S/C21H19F3N4O/c22-21(23,24)18-13-19(27-20(26-18)17-3-1-2-10-25-17)28-11-8-15(9-12-28)14-4-6-16(29)7-5-14/h1-7,10,13,15,29H,8-9,11-12H2. The molecule has 150 valence electrons. The number of anilines is 1. The number of aromatic hydroxyl groups is 1. The Balaban J connectivity index is 1.59. The molecule has 0 atom stereocenters. The first kappa shape index (κ1) is 19.2. The summed E-state index contributed by atoms with van der Waals surface area (Å²) in [7, 11) is 0. The van der Waals surface area contributed by atoms with Gasteiger partial charge in [-0.05, 0) is 48.6 Å². The molecule has 29 heavy (non-hydrogen) atoms. The van der Waals surface area contributed by atoms with Crippen LogP contribution in [0.25, 0.3) is 11.5 Å². The lowest BCUT2D eigenvalue weighted by molar-refractivity contribution is -0.141. The minimum Gasteiger partial charge on any atom is -0.508 e. The maximum atomic E-state index is 13.4. The zero-order chi connectivity index (χ0) is 20.4. The van der Waals surface area contributed by atoms with Crippen molar-refractivity contribution in [3.63, 3.8) is 0 Å². The number of hydrogen-bond donors (Lipinski definition) is 1. The van der Waals surface area contributed by atoms with Crippen LogP contribution in [0.5, 0.6) is 5.75 Å². The largest absolute Gasteiger partial charge is 0.508 e. The summed E-state index contributed by atoms with van der Waals surface area (Å²) in [6.07, 6.45) is -1.49. The molecule has 3 heterocycles. The molecule has 1 saturated heterocycles. The number of alkyl halides is 3. The van der Waals surface area contributed by atoms with Gasteiger partial charge in [0.15, 0.2) is 11.5 Å². The Kier molecular flexibility index (Phi) is 5.08. The number of benzene rings is 1. The SMILES string of the molecule is Oc1ccc(C2CCN(c3cc(C(F)(F)F)nc(-c4ccccn4)n3)CC2)cc1. The predicted octanol–water partition coefficient (Wildman–Crippen LogP) is 4.65. The monoisotopic (exact) mass is 400 g/mol. The van der Waals surface area contributed by atoms with Crippen LogP contribution in [0.3, 0.4) is 0 Å². The van der Waals surface area contributed by atoms with Gasteiger partial charge in [-0.2, -0.15) is 13.2 Å². The fourth-order valence-corrected chi connectivity index (χ4v) is 3.54. The molecule has 0 amide bonds. The van der Waals surface area contributed by atoms with E-state index in [1.54, 1.807) is 30.3 Å². The molecule has 1 aliphatic heterocycles. The molecule has 0 saturated carbocycles. The number of phenolic OH excluding ortho intramolecular Hbond substituents is 1. The van der Waals surface area contributed by atoms with Crippen molar-refractivity contribution in [1.29, 1.82) is 0 Å². The van der Waals surface area contributed by atoms with Gasteiger partial charge in [0.2, 0.25) is 0 Å². The summed E-state index contributed by atoms with van der Waals surface area (Å²) in [5, 5.41) is 9.44. The molecular formula is C21H19F3N4O. The van der Waals surface area contributed by atoms with Crippen LogP contribution in [0.1, 0.15) is 30.0 Å². The highest BCUT2D eigenvalue weighted by molar-refractivity contribution is 5.54. The zero-order valence-electron chi connectivity index (χ0n) is 15.5. The molecular weight excluding hydrogens is 381 g/mol. The van der Waals surface area contributed by atoms with Gasteiger partial charge in [-0.3, -0.25) is 4.98 Å². The second kappa shape index (κ2) is 7.69. The molecule has 2 aromatic heterocycles. The smallest absolute Gasteiger partial charge is 0.433 e. The summed E-state index contributed by atoms with van der Waals surface area (Å²) in [6.45, 7) is 1.17. The van der Waals surface area contributed by atoms with Crippen molar-refractivity contribution < 1.29 is 18.3 Å². The molecule has 0 unspecified atom stereocenters. The summed E-state index contributed by atoms with van der Waals surface area (Å²) in [5.41, 5.74) is 0.456. The maximum absolute atomic E-state index is 13.4. The van der Waals surface area contributed by atoms with Crippen molar-refractivity contribution in [3.8, 4) is 17.3 Å². The van der Waals surface area contributed by atoms with Gasteiger partial charge in [-0.1, -0.05) is 18.2 Å². The number of nitrogens with zero attached hydrogens (tertiary/aromatic N) is 4. The van der Waals surface area contributed by atoms with Crippen LogP contribution in [-0.2, 0) is 6.18 Å². The topological polar surface area (TPSA) is 62.1 Å². The van der Waals surface area contributed by atoms with Gasteiger partial charge >= 0.3 is 6.18 Å². The first-order valence-electron chi connectivity index (χ1n) is 9.32. The van der Waals surface area contributed by atoms with Crippen molar-refractivity contribution in [2.45, 2.75) is 24.9 Å². The molecule has 0 aliphatic carbocycles. The van der Waals surface area contributed by atoms with Crippen LogP contribution in [0.15, 0.2) is 54.7 Å². The molecule has 4 rings (SSSR count). The van der Waals surface area contributed by atoms with E-state index in [0.717, 1.165) is 24.5 Å². The second-order valence-corrected chi connectivity index (χ2v) is 7.00. The van der Waals surface area contributed by atoms with Crippen LogP contribution in [0.4, 0.5) is 19.0 Å². The van der Waals surface area contributed by atoms with E-state index in [2.05, 4.69) is 15.0 Å². The van der Waals surface area contributed by atoms with Crippen LogP contribution in [0, 0.1) is 0 Å². The molecule has 5 nitrogen and oxygen atoms in total. The molecule has 1 aliphatic rings. The third kappa shape index (κ3) is 4.31. The van der Waals surface area contributed by atoms with E-state index in [1.807, 2.05) is 17.0 Å². The number of pyridine rings is 1. The molecule has 8 heteroatoms. The fourth-order valence-electron chi connectivity index (χ4n) is 3.54. The van der Waals surface area contributed by atoms with Gasteiger partial charge in [-0.15, -0.1) is 0 Å². The van der Waals surface area contributed by atoms with Crippen molar-refractivity contribution >= 4 is 5.82 Å². The van der Waals surface area contributed by atoms with Crippen molar-refractivity contribution in [2.24, 2.45) is 0 Å². The second-order valence-electron chi connectivity index (χ2n) is 7.00. The number of phenols is 1. The third-order valence-electron chi connectivity index (χ3n) is 5.08. The van der Waals surface area contributed by atoms with E-state index < -0.39 is 11.9 Å². The quantitative estimate of drug-likeness (QED) is 0.694. The van der Waals surface area contributed by atoms with Crippen molar-refractivity contribution in [3.05, 3.63) is 66.0 Å². The minimum atomic E-state index is -4.56. The summed E-state index contributed by atoms with van der Waals surface area (Å²) in [5.74, 6) is 0.744. The van der Waals surface area contributed by atoms with E-state index in [4.69, 9.17) is 0 Å². The van der Waals surface area contributed by atoms with Crippen molar-refractivity contribution in [1.82, 2.24) is 15.0 Å². The van der Waals surface area contributed by atoms with Gasteiger partial charge in [-0.25, -0.2) is 9.97 Å². The molecule has 1 aromatic carbocycles. The molecule has 1 N–H and O–H groups in total. The van der Waals surface area contributed by atoms with E-state index in [9.17, 15) is 18.3 Å². The van der Waals surface area contributed by atoms with Gasteiger partial charge in [0.1, 0.15) is 17.3 Å². The Morgan fingerprint density at radius 2 is 1.69 bits per heavy atom. The molecule has 0 radical (unpaired) electrons. The molecule has 0 spiro atoms. The molecule has 0 bridgehead atoms. The highest BCUT2D eigenvalue weighted by Crippen LogP contribution is 2.34. The Morgan fingerprint density at radius 1 is 0.966 bits per heavy atom. The summed E-state index contributed by atoms with van der Waals surface area (Å²) >= 11 is 0. The zero-order valence-corrected chi connectivity index (χ0v) is 15.5. The molecule has 3 aromatic rings. The third-order valence-corrected chi connectivity index (χ3v) is 5.08. The number of aromatic nitrogens is 3. The Morgan fingerprint density at radius 3 is 2.31 bits per heavy atom. The van der Waals surface area contributed by atoms with Crippen LogP contribution < -0.4 is 4.90 Å². The number of halogens is 3. The van der Waals surface area contributed by atoms with Crippen LogP contribution >= 0.6 is 0 Å². The lowest BCUT2D eigenvalue weighted by Gasteiger charge is -2.33. The van der Waals surface area contributed by atoms with E-state index in [-0.39, 0.29) is 17.4 Å². The number of hydrogen-bond acceptors (Lipinski definition) is 5. The normalized spacial score (nSPS) is 15.5. The highest BCUT2D eigenvalue weighted by atomic mass is 19.4. The Hall–Kier alpha value is -3.16. The van der Waals surface area contributed by atoms with Crippen LogP contribution in [0.2, 0.25) is 0 Å². The first-order chi connectivity index (χ1) is 13.9. The Labute approximate surface area is 165 Å². The van der Waals surface area contributed by atoms with Gasteiger partial charge < -0.3 is 10.0 Å². The summed E-state index contributed by atoms with van der Waals surface area (Å²) < 4.78 is 40.2. The fraction of sp³-hybridized carbons (Fsp3) is 0.286. The predicted molar refractivity (Wildman–Crippen MR) is 103 cm³/mol. The van der Waals surface area contributed by atoms with Gasteiger partial charge in [0.05, 0.1) is 0 Å². The highest BCUT2D eigenvalue weighted by Gasteiger charge is 2.35. The summed E-state index contributed by atoms with van der Waals surface area (Å²) in [4.78, 5) is 14.0. The average molecular weight is 400 g/mol. The average Bonchev–Trinajstić information content (AvgIpc) is 2.74. The van der Waals surface area contributed by atoms with Gasteiger partial charge in [0, 0.05) is 25.4 Å². The van der Waals surface area contributed by atoms with E-state index in [0.29, 0.717) is 24.7 Å². The van der Waals surface area contributed by atoms with Crippen molar-refractivity contribution in [2.75, 3.05) is 18.0 Å². The maximum Gasteiger partial charge on any atom is 0.433 e. The van der Waals surface area contributed by atoms with Gasteiger partial charge in [0.25, 0.3) is 0 Å². The number of piperidine rings is 1. The number of rotatable bonds is 3. The summed E-state index contributed by atoms with van der Waals surface area (Å²) in [6, 6.07) is 13.1. The minimum absolute atomic E-state index is 0.0314. The van der Waals surface area contributed by atoms with E-state index in [1.165, 1.54) is 6.20 Å². The van der Waals surface area contributed by atoms with Crippen LogP contribution in [-0.4, -0.2) is 33.1 Å². The Bertz CT molecular complexity index is 969. The van der Waals surface area contributed by atoms with E-state index >= 15 is 0 Å².